The Morgan fingerprint density at radius 3 is 2.75 bits per heavy atom. The van der Waals surface area contributed by atoms with Gasteiger partial charge >= 0.3 is 0 Å². The monoisotopic (exact) mass is 329 g/mol. The highest BCUT2D eigenvalue weighted by molar-refractivity contribution is 5.77. The Bertz CT molecular complexity index is 569. The topological polar surface area (TPSA) is 29.5 Å². The third-order valence-corrected chi connectivity index (χ3v) is 5.87. The summed E-state index contributed by atoms with van der Waals surface area (Å²) >= 11 is 0. The largest absolute Gasteiger partial charge is 0.368 e. The fourth-order valence-corrected chi connectivity index (χ4v) is 4.28. The summed E-state index contributed by atoms with van der Waals surface area (Å²) in [6.45, 7) is 8.64. The predicted octanol–water partition coefficient (Wildman–Crippen LogP) is 4.05. The molecule has 1 fully saturated rings. The highest BCUT2D eigenvalue weighted by Gasteiger charge is 2.32. The zero-order valence-electron chi connectivity index (χ0n) is 15.3. The molecular weight excluding hydrogens is 298 g/mol. The van der Waals surface area contributed by atoms with Gasteiger partial charge in [-0.2, -0.15) is 0 Å². The summed E-state index contributed by atoms with van der Waals surface area (Å²) in [5.41, 5.74) is 2.66. The molecule has 1 saturated carbocycles. The summed E-state index contributed by atoms with van der Waals surface area (Å²) in [4.78, 5) is 14.6. The van der Waals surface area contributed by atoms with E-state index in [1.165, 1.54) is 24.0 Å². The Labute approximate surface area is 146 Å². The van der Waals surface area contributed by atoms with E-state index in [9.17, 15) is 4.79 Å². The molecule has 1 aliphatic heterocycles. The third-order valence-electron chi connectivity index (χ3n) is 5.87. The van der Waals surface area contributed by atoms with Gasteiger partial charge in [0.2, 0.25) is 5.91 Å². The first kappa shape index (κ1) is 17.5. The molecule has 132 valence electrons. The van der Waals surface area contributed by atoms with Crippen LogP contribution in [0.5, 0.6) is 0 Å². The standard InChI is InChI=1S/C21H31NO2/c1-15(2)19-9-8-16(3)12-20(19)24-14-21(23)22-11-10-17-6-4-5-7-18(17)13-22/h4-7,15-16,19-20H,8-14H2,1-3H3/t16-,19+,20-/m1/s1. The second kappa shape index (κ2) is 7.69. The highest BCUT2D eigenvalue weighted by Crippen LogP contribution is 2.35. The maximum absolute atomic E-state index is 12.6. The number of ether oxygens (including phenoxy) is 1. The molecule has 1 aromatic rings. The minimum Gasteiger partial charge on any atom is -0.368 e. The molecule has 1 amide bonds. The molecule has 3 nitrogen and oxygen atoms in total. The quantitative estimate of drug-likeness (QED) is 0.834. The van der Waals surface area contributed by atoms with Crippen molar-refractivity contribution in [1.82, 2.24) is 4.90 Å². The van der Waals surface area contributed by atoms with Crippen molar-refractivity contribution in [1.29, 1.82) is 0 Å². The second-order valence-corrected chi connectivity index (χ2v) is 8.01. The van der Waals surface area contributed by atoms with Gasteiger partial charge in [-0.3, -0.25) is 4.79 Å². The molecule has 3 heteroatoms. The lowest BCUT2D eigenvalue weighted by Gasteiger charge is -2.37. The number of amides is 1. The van der Waals surface area contributed by atoms with Crippen LogP contribution in [-0.4, -0.2) is 30.1 Å². The molecule has 2 aliphatic rings. The summed E-state index contributed by atoms with van der Waals surface area (Å²) in [6.07, 6.45) is 4.82. The first-order chi connectivity index (χ1) is 11.5. The fraction of sp³-hybridized carbons (Fsp3) is 0.667. The van der Waals surface area contributed by atoms with E-state index < -0.39 is 0 Å². The molecule has 0 spiro atoms. The normalized spacial score (nSPS) is 27.2. The lowest BCUT2D eigenvalue weighted by atomic mass is 9.75. The molecule has 1 heterocycles. The van der Waals surface area contributed by atoms with E-state index in [0.29, 0.717) is 17.8 Å². The van der Waals surface area contributed by atoms with Crippen molar-refractivity contribution in [2.75, 3.05) is 13.2 Å². The number of rotatable bonds is 4. The van der Waals surface area contributed by atoms with E-state index in [0.717, 1.165) is 25.9 Å². The van der Waals surface area contributed by atoms with Gasteiger partial charge < -0.3 is 9.64 Å². The minimum atomic E-state index is 0.144. The van der Waals surface area contributed by atoms with Gasteiger partial charge in [0, 0.05) is 13.1 Å². The number of carbonyl (C=O) groups excluding carboxylic acids is 1. The van der Waals surface area contributed by atoms with E-state index in [4.69, 9.17) is 4.74 Å². The summed E-state index contributed by atoms with van der Waals surface area (Å²) < 4.78 is 6.14. The van der Waals surface area contributed by atoms with Crippen molar-refractivity contribution in [2.45, 2.75) is 59.1 Å². The Morgan fingerprint density at radius 1 is 1.25 bits per heavy atom. The van der Waals surface area contributed by atoms with Crippen LogP contribution in [0.25, 0.3) is 0 Å². The van der Waals surface area contributed by atoms with E-state index in [2.05, 4.69) is 45.0 Å². The number of hydrogen-bond donors (Lipinski definition) is 0. The van der Waals surface area contributed by atoms with E-state index >= 15 is 0 Å². The van der Waals surface area contributed by atoms with Crippen LogP contribution in [0.15, 0.2) is 24.3 Å². The molecule has 0 aromatic heterocycles. The molecule has 0 saturated heterocycles. The lowest BCUT2D eigenvalue weighted by molar-refractivity contribution is -0.142. The lowest BCUT2D eigenvalue weighted by Crippen LogP contribution is -2.41. The Balaban J connectivity index is 1.55. The van der Waals surface area contributed by atoms with Gasteiger partial charge in [0.05, 0.1) is 6.10 Å². The molecule has 3 atom stereocenters. The zero-order valence-corrected chi connectivity index (χ0v) is 15.3. The summed E-state index contributed by atoms with van der Waals surface area (Å²) in [6, 6.07) is 8.44. The Kier molecular flexibility index (Phi) is 5.60. The van der Waals surface area contributed by atoms with Crippen LogP contribution in [0, 0.1) is 17.8 Å². The molecule has 1 aliphatic carbocycles. The first-order valence-electron chi connectivity index (χ1n) is 9.50. The minimum absolute atomic E-state index is 0.144. The van der Waals surface area contributed by atoms with Crippen LogP contribution in [0.2, 0.25) is 0 Å². The van der Waals surface area contributed by atoms with Gasteiger partial charge in [-0.15, -0.1) is 0 Å². The number of hydrogen-bond acceptors (Lipinski definition) is 2. The van der Waals surface area contributed by atoms with Crippen LogP contribution < -0.4 is 0 Å². The Morgan fingerprint density at radius 2 is 2.00 bits per heavy atom. The van der Waals surface area contributed by atoms with Crippen molar-refractivity contribution in [3.63, 3.8) is 0 Å². The van der Waals surface area contributed by atoms with Gasteiger partial charge in [-0.1, -0.05) is 51.5 Å². The average Bonchev–Trinajstić information content (AvgIpc) is 2.59. The number of benzene rings is 1. The maximum Gasteiger partial charge on any atom is 0.248 e. The van der Waals surface area contributed by atoms with Crippen LogP contribution >= 0.6 is 0 Å². The highest BCUT2D eigenvalue weighted by atomic mass is 16.5. The van der Waals surface area contributed by atoms with Crippen molar-refractivity contribution >= 4 is 5.91 Å². The van der Waals surface area contributed by atoms with Crippen molar-refractivity contribution in [2.24, 2.45) is 17.8 Å². The molecule has 24 heavy (non-hydrogen) atoms. The number of carbonyl (C=O) groups is 1. The molecule has 0 unspecified atom stereocenters. The van der Waals surface area contributed by atoms with Crippen LogP contribution in [0.1, 0.15) is 51.2 Å². The first-order valence-corrected chi connectivity index (χ1v) is 9.50. The Hall–Kier alpha value is -1.35. The molecule has 0 bridgehead atoms. The molecule has 1 aromatic carbocycles. The molecule has 0 N–H and O–H groups in total. The molecule has 3 rings (SSSR count). The van der Waals surface area contributed by atoms with Crippen LogP contribution in [0.4, 0.5) is 0 Å². The van der Waals surface area contributed by atoms with Crippen molar-refractivity contribution < 1.29 is 9.53 Å². The van der Waals surface area contributed by atoms with Crippen LogP contribution in [-0.2, 0) is 22.5 Å². The smallest absolute Gasteiger partial charge is 0.248 e. The number of nitrogens with zero attached hydrogens (tertiary/aromatic N) is 1. The van der Waals surface area contributed by atoms with Gasteiger partial charge in [-0.25, -0.2) is 0 Å². The fourth-order valence-electron chi connectivity index (χ4n) is 4.28. The third kappa shape index (κ3) is 4.00. The maximum atomic E-state index is 12.6. The van der Waals surface area contributed by atoms with Crippen molar-refractivity contribution in [3.05, 3.63) is 35.4 Å². The molecular formula is C21H31NO2. The van der Waals surface area contributed by atoms with Gasteiger partial charge in [0.25, 0.3) is 0 Å². The van der Waals surface area contributed by atoms with E-state index in [-0.39, 0.29) is 18.6 Å². The van der Waals surface area contributed by atoms with E-state index in [1.54, 1.807) is 0 Å². The van der Waals surface area contributed by atoms with Gasteiger partial charge in [0.15, 0.2) is 0 Å². The van der Waals surface area contributed by atoms with Gasteiger partial charge in [-0.05, 0) is 48.1 Å². The predicted molar refractivity (Wildman–Crippen MR) is 96.6 cm³/mol. The van der Waals surface area contributed by atoms with Gasteiger partial charge in [0.1, 0.15) is 6.61 Å². The SMILES string of the molecule is CC(C)[C@@H]1CC[C@@H](C)C[C@H]1OCC(=O)N1CCc2ccccc2C1. The molecule has 0 radical (unpaired) electrons. The second-order valence-electron chi connectivity index (χ2n) is 8.01. The van der Waals surface area contributed by atoms with Crippen molar-refractivity contribution in [3.8, 4) is 0 Å². The zero-order chi connectivity index (χ0) is 17.1. The average molecular weight is 329 g/mol. The summed E-state index contributed by atoms with van der Waals surface area (Å²) in [5, 5.41) is 0. The van der Waals surface area contributed by atoms with Crippen LogP contribution in [0.3, 0.4) is 0 Å². The number of fused-ring (bicyclic) bond motifs is 1. The summed E-state index contributed by atoms with van der Waals surface area (Å²) in [7, 11) is 0. The summed E-state index contributed by atoms with van der Waals surface area (Å²) in [5.74, 6) is 2.07. The van der Waals surface area contributed by atoms with E-state index in [1.807, 2.05) is 4.90 Å².